The van der Waals surface area contributed by atoms with Gasteiger partial charge in [0.05, 0.1) is 0 Å². The van der Waals surface area contributed by atoms with Crippen molar-refractivity contribution >= 4 is 0 Å². The van der Waals surface area contributed by atoms with Crippen LogP contribution in [0.4, 0.5) is 0 Å². The Bertz CT molecular complexity index is 264. The molecule has 0 amide bonds. The molecule has 0 saturated heterocycles. The standard InChI is InChI=1S/C8H7N/c9-8-5-4-6-2-1-3-7(6)8/h1-5H,9H2. The van der Waals surface area contributed by atoms with Crippen molar-refractivity contribution < 1.29 is 0 Å². The fourth-order valence-corrected chi connectivity index (χ4v) is 1.11. The van der Waals surface area contributed by atoms with Crippen LogP contribution in [0.3, 0.4) is 0 Å². The third kappa shape index (κ3) is 0.486. The van der Waals surface area contributed by atoms with Crippen LogP contribution in [0.25, 0.3) is 0 Å². The first-order valence-electron chi connectivity index (χ1n) is 2.94. The molecule has 0 bridgehead atoms. The number of nitrogens with two attached hydrogens (primary N) is 1. The molecule has 0 unspecified atom stereocenters. The molecule has 0 fully saturated rings. The molecule has 0 aromatic carbocycles. The summed E-state index contributed by atoms with van der Waals surface area (Å²) < 4.78 is 0. The summed E-state index contributed by atoms with van der Waals surface area (Å²) in [5.74, 6) is 0. The van der Waals surface area contributed by atoms with Gasteiger partial charge in [0, 0.05) is 11.3 Å². The average Bonchev–Trinajstić information content (AvgIpc) is 2.35. The fraction of sp³-hybridized carbons (Fsp3) is 0. The highest BCUT2D eigenvalue weighted by molar-refractivity contribution is 5.63. The second-order valence-corrected chi connectivity index (χ2v) is 2.18. The van der Waals surface area contributed by atoms with E-state index in [0.717, 1.165) is 5.70 Å². The lowest BCUT2D eigenvalue weighted by atomic mass is 10.2. The molecule has 9 heavy (non-hydrogen) atoms. The lowest BCUT2D eigenvalue weighted by Gasteiger charge is -1.94. The number of hydrogen-bond acceptors (Lipinski definition) is 1. The Morgan fingerprint density at radius 3 is 2.78 bits per heavy atom. The number of fused-ring (bicyclic) bond motifs is 1. The molecule has 44 valence electrons. The lowest BCUT2D eigenvalue weighted by Crippen LogP contribution is -1.95. The van der Waals surface area contributed by atoms with E-state index >= 15 is 0 Å². The highest BCUT2D eigenvalue weighted by Crippen LogP contribution is 2.27. The highest BCUT2D eigenvalue weighted by atomic mass is 14.6. The van der Waals surface area contributed by atoms with Crippen LogP contribution in [-0.2, 0) is 0 Å². The van der Waals surface area contributed by atoms with Crippen LogP contribution in [0.5, 0.6) is 0 Å². The molecule has 1 heteroatoms. The maximum atomic E-state index is 5.62. The number of hydrogen-bond donors (Lipinski definition) is 1. The molecule has 2 aliphatic carbocycles. The van der Waals surface area contributed by atoms with Crippen LogP contribution in [0.15, 0.2) is 47.2 Å². The van der Waals surface area contributed by atoms with E-state index in [0.29, 0.717) is 0 Å². The van der Waals surface area contributed by atoms with Gasteiger partial charge in [-0.15, -0.1) is 0 Å². The van der Waals surface area contributed by atoms with Gasteiger partial charge < -0.3 is 5.73 Å². The molecule has 0 aliphatic heterocycles. The van der Waals surface area contributed by atoms with Crippen molar-refractivity contribution in [2.24, 2.45) is 5.73 Å². The van der Waals surface area contributed by atoms with Gasteiger partial charge in [-0.3, -0.25) is 0 Å². The van der Waals surface area contributed by atoms with Crippen molar-refractivity contribution in [1.29, 1.82) is 0 Å². The molecule has 0 atom stereocenters. The van der Waals surface area contributed by atoms with Crippen molar-refractivity contribution in [1.82, 2.24) is 0 Å². The summed E-state index contributed by atoms with van der Waals surface area (Å²) in [4.78, 5) is 0. The van der Waals surface area contributed by atoms with Gasteiger partial charge in [0.15, 0.2) is 0 Å². The van der Waals surface area contributed by atoms with E-state index in [9.17, 15) is 0 Å². The Balaban J connectivity index is 2.53. The molecular formula is C8H7N. The Labute approximate surface area is 53.9 Å². The summed E-state index contributed by atoms with van der Waals surface area (Å²) in [6, 6.07) is 0. The Morgan fingerprint density at radius 1 is 1.11 bits per heavy atom. The van der Waals surface area contributed by atoms with Gasteiger partial charge in [0.25, 0.3) is 0 Å². The quantitative estimate of drug-likeness (QED) is 0.508. The molecular weight excluding hydrogens is 110 g/mol. The van der Waals surface area contributed by atoms with E-state index < -0.39 is 0 Å². The topological polar surface area (TPSA) is 26.0 Å². The van der Waals surface area contributed by atoms with E-state index in [-0.39, 0.29) is 0 Å². The van der Waals surface area contributed by atoms with Gasteiger partial charge in [-0.25, -0.2) is 0 Å². The van der Waals surface area contributed by atoms with Gasteiger partial charge in [-0.1, -0.05) is 24.3 Å². The summed E-state index contributed by atoms with van der Waals surface area (Å²) in [5.41, 5.74) is 8.92. The van der Waals surface area contributed by atoms with Crippen LogP contribution in [0.1, 0.15) is 0 Å². The minimum Gasteiger partial charge on any atom is -0.398 e. The molecule has 2 aliphatic rings. The van der Waals surface area contributed by atoms with E-state index in [2.05, 4.69) is 6.08 Å². The molecule has 0 aromatic heterocycles. The van der Waals surface area contributed by atoms with E-state index in [1.807, 2.05) is 24.3 Å². The van der Waals surface area contributed by atoms with Crippen molar-refractivity contribution in [3.05, 3.63) is 47.2 Å². The molecule has 0 radical (unpaired) electrons. The van der Waals surface area contributed by atoms with Crippen LogP contribution >= 0.6 is 0 Å². The normalized spacial score (nSPS) is 21.1. The average molecular weight is 117 g/mol. The minimum atomic E-state index is 0.884. The highest BCUT2D eigenvalue weighted by Gasteiger charge is 2.11. The Kier molecular flexibility index (Phi) is 0.707. The van der Waals surface area contributed by atoms with Crippen LogP contribution in [0, 0.1) is 0 Å². The van der Waals surface area contributed by atoms with Gasteiger partial charge in [0.1, 0.15) is 0 Å². The minimum absolute atomic E-state index is 0.884. The van der Waals surface area contributed by atoms with Crippen LogP contribution < -0.4 is 5.73 Å². The summed E-state index contributed by atoms with van der Waals surface area (Å²) in [7, 11) is 0. The second kappa shape index (κ2) is 1.38. The molecule has 2 rings (SSSR count). The predicted octanol–water partition coefficient (Wildman–Crippen LogP) is 1.27. The van der Waals surface area contributed by atoms with E-state index in [1.54, 1.807) is 0 Å². The van der Waals surface area contributed by atoms with Crippen molar-refractivity contribution in [3.8, 4) is 0 Å². The third-order valence-corrected chi connectivity index (χ3v) is 1.60. The monoisotopic (exact) mass is 117 g/mol. The third-order valence-electron chi connectivity index (χ3n) is 1.60. The molecule has 0 saturated carbocycles. The summed E-state index contributed by atoms with van der Waals surface area (Å²) in [5, 5.41) is 0. The second-order valence-electron chi connectivity index (χ2n) is 2.18. The molecule has 0 heterocycles. The first kappa shape index (κ1) is 4.62. The number of allylic oxidation sites excluding steroid dienone is 6. The molecule has 0 spiro atoms. The maximum absolute atomic E-state index is 5.62. The fourth-order valence-electron chi connectivity index (χ4n) is 1.11. The largest absolute Gasteiger partial charge is 0.398 e. The zero-order chi connectivity index (χ0) is 6.27. The smallest absolute Gasteiger partial charge is 0.0393 e. The maximum Gasteiger partial charge on any atom is 0.0393 e. The summed E-state index contributed by atoms with van der Waals surface area (Å²) in [6.07, 6.45) is 10.1. The van der Waals surface area contributed by atoms with Crippen molar-refractivity contribution in [2.75, 3.05) is 0 Å². The molecule has 1 nitrogen and oxygen atoms in total. The summed E-state index contributed by atoms with van der Waals surface area (Å²) in [6.45, 7) is 0. The first-order chi connectivity index (χ1) is 4.38. The Hall–Kier alpha value is -1.24. The SMILES string of the molecule is NC1=CC=C2C=CC=C12. The van der Waals surface area contributed by atoms with Crippen LogP contribution in [0.2, 0.25) is 0 Å². The number of rotatable bonds is 0. The summed E-state index contributed by atoms with van der Waals surface area (Å²) >= 11 is 0. The predicted molar refractivity (Wildman–Crippen MR) is 37.6 cm³/mol. The zero-order valence-corrected chi connectivity index (χ0v) is 4.96. The lowest BCUT2D eigenvalue weighted by molar-refractivity contribution is 1.38. The van der Waals surface area contributed by atoms with Crippen LogP contribution in [-0.4, -0.2) is 0 Å². The van der Waals surface area contributed by atoms with Gasteiger partial charge in [0.2, 0.25) is 0 Å². The van der Waals surface area contributed by atoms with E-state index in [1.165, 1.54) is 11.1 Å². The van der Waals surface area contributed by atoms with Gasteiger partial charge in [-0.05, 0) is 11.6 Å². The molecule has 2 N–H and O–H groups in total. The Morgan fingerprint density at radius 2 is 2.00 bits per heavy atom. The van der Waals surface area contributed by atoms with Gasteiger partial charge in [-0.2, -0.15) is 0 Å². The van der Waals surface area contributed by atoms with Crippen molar-refractivity contribution in [3.63, 3.8) is 0 Å². The molecule has 0 aromatic rings. The zero-order valence-electron chi connectivity index (χ0n) is 4.96. The van der Waals surface area contributed by atoms with Gasteiger partial charge >= 0.3 is 0 Å². The van der Waals surface area contributed by atoms with Crippen molar-refractivity contribution in [2.45, 2.75) is 0 Å². The first-order valence-corrected chi connectivity index (χ1v) is 2.94. The van der Waals surface area contributed by atoms with E-state index in [4.69, 9.17) is 5.73 Å².